The Morgan fingerprint density at radius 2 is 1.83 bits per heavy atom. The Balaban J connectivity index is 2.08. The van der Waals surface area contributed by atoms with Crippen molar-refractivity contribution in [3.63, 3.8) is 0 Å². The highest BCUT2D eigenvalue weighted by Crippen LogP contribution is 2.29. The summed E-state index contributed by atoms with van der Waals surface area (Å²) in [6, 6.07) is 8.41. The first-order chi connectivity index (χ1) is 10.9. The fourth-order valence-electron chi connectivity index (χ4n) is 2.92. The number of benzene rings is 1. The predicted molar refractivity (Wildman–Crippen MR) is 93.8 cm³/mol. The average molecular weight is 326 g/mol. The smallest absolute Gasteiger partial charge is 0.290 e. The second-order valence-electron chi connectivity index (χ2n) is 5.80. The van der Waals surface area contributed by atoms with Crippen LogP contribution >= 0.6 is 11.8 Å². The molecule has 1 aromatic carbocycles. The molecule has 0 atom stereocenters. The zero-order valence-electron chi connectivity index (χ0n) is 13.6. The van der Waals surface area contributed by atoms with E-state index in [9.17, 15) is 9.59 Å². The molecular weight excluding hydrogens is 308 g/mol. The molecule has 0 spiro atoms. The molecule has 0 saturated carbocycles. The molecule has 0 radical (unpaired) electrons. The maximum Gasteiger partial charge on any atom is 0.290 e. The van der Waals surface area contributed by atoms with Gasteiger partial charge in [0.25, 0.3) is 11.1 Å². The Labute approximate surface area is 139 Å². The number of nitrogens with one attached hydrogen (secondary N) is 1. The van der Waals surface area contributed by atoms with Crippen LogP contribution in [0.5, 0.6) is 0 Å². The van der Waals surface area contributed by atoms with Crippen LogP contribution in [0, 0.1) is 27.7 Å². The third-order valence-electron chi connectivity index (χ3n) is 3.99. The summed E-state index contributed by atoms with van der Waals surface area (Å²) in [5.41, 5.74) is 6.66. The van der Waals surface area contributed by atoms with Crippen LogP contribution in [0.3, 0.4) is 0 Å². The van der Waals surface area contributed by atoms with Crippen molar-refractivity contribution in [1.29, 1.82) is 0 Å². The molecule has 1 aromatic heterocycles. The van der Waals surface area contributed by atoms with Gasteiger partial charge in [0, 0.05) is 17.1 Å². The van der Waals surface area contributed by atoms with Crippen LogP contribution in [0.25, 0.3) is 11.8 Å². The number of aryl methyl sites for hydroxylation is 3. The van der Waals surface area contributed by atoms with Crippen molar-refractivity contribution in [3.8, 4) is 5.69 Å². The van der Waals surface area contributed by atoms with Gasteiger partial charge in [0.2, 0.25) is 0 Å². The monoisotopic (exact) mass is 326 g/mol. The predicted octanol–water partition coefficient (Wildman–Crippen LogP) is 4.03. The molecule has 4 nitrogen and oxygen atoms in total. The Morgan fingerprint density at radius 3 is 2.43 bits per heavy atom. The van der Waals surface area contributed by atoms with Gasteiger partial charge in [-0.05, 0) is 68.8 Å². The van der Waals surface area contributed by atoms with Gasteiger partial charge in [-0.15, -0.1) is 0 Å². The molecule has 1 N–H and O–H groups in total. The fraction of sp³-hybridized carbons (Fsp3) is 0.222. The quantitative estimate of drug-likeness (QED) is 0.848. The summed E-state index contributed by atoms with van der Waals surface area (Å²) in [5, 5.41) is 1.97. The van der Waals surface area contributed by atoms with Crippen molar-refractivity contribution in [2.75, 3.05) is 0 Å². The van der Waals surface area contributed by atoms with E-state index in [2.05, 4.69) is 41.9 Å². The zero-order chi connectivity index (χ0) is 16.7. The molecule has 0 bridgehead atoms. The normalized spacial score (nSPS) is 16.3. The molecule has 0 aliphatic carbocycles. The molecule has 2 heterocycles. The average Bonchev–Trinajstić information content (AvgIpc) is 2.91. The summed E-state index contributed by atoms with van der Waals surface area (Å²) >= 11 is 0.946. The van der Waals surface area contributed by atoms with Crippen LogP contribution in [0.2, 0.25) is 0 Å². The maximum atomic E-state index is 11.7. The number of hydrogen-bond acceptors (Lipinski definition) is 3. The molecule has 0 unspecified atom stereocenters. The van der Waals surface area contributed by atoms with Crippen LogP contribution in [0.15, 0.2) is 29.2 Å². The second-order valence-corrected chi connectivity index (χ2v) is 6.82. The number of rotatable bonds is 2. The van der Waals surface area contributed by atoms with E-state index in [1.54, 1.807) is 6.08 Å². The van der Waals surface area contributed by atoms with E-state index >= 15 is 0 Å². The molecule has 3 rings (SSSR count). The van der Waals surface area contributed by atoms with Crippen molar-refractivity contribution in [1.82, 2.24) is 9.88 Å². The summed E-state index contributed by atoms with van der Waals surface area (Å²) < 4.78 is 2.18. The molecule has 2 aromatic rings. The number of nitrogens with zero attached hydrogens (tertiary/aromatic N) is 1. The number of aromatic nitrogens is 1. The Hall–Kier alpha value is -2.27. The summed E-state index contributed by atoms with van der Waals surface area (Å²) in [6.07, 6.45) is 1.78. The third-order valence-corrected chi connectivity index (χ3v) is 4.80. The minimum atomic E-state index is -0.323. The Bertz CT molecular complexity index is 862. The standard InChI is InChI=1S/C18H18N2O2S/c1-10-5-6-15(11(2)7-10)20-12(3)8-14(13(20)4)9-16-17(21)19-18(22)23-16/h5-9H,1-4H3,(H,19,21,22). The SMILES string of the molecule is Cc1ccc(-n2c(C)cc(C=C3SC(=O)NC3=O)c2C)c(C)c1. The topological polar surface area (TPSA) is 51.1 Å². The lowest BCUT2D eigenvalue weighted by atomic mass is 10.1. The molecule has 1 saturated heterocycles. The highest BCUT2D eigenvalue weighted by Gasteiger charge is 2.25. The maximum absolute atomic E-state index is 11.7. The van der Waals surface area contributed by atoms with Gasteiger partial charge in [0.1, 0.15) is 0 Å². The Morgan fingerprint density at radius 1 is 1.09 bits per heavy atom. The van der Waals surface area contributed by atoms with E-state index in [1.165, 1.54) is 11.1 Å². The molecular formula is C18H18N2O2S. The van der Waals surface area contributed by atoms with Gasteiger partial charge in [0.05, 0.1) is 4.91 Å². The molecule has 1 aliphatic heterocycles. The van der Waals surface area contributed by atoms with Crippen LogP contribution in [0.1, 0.15) is 28.1 Å². The summed E-state index contributed by atoms with van der Waals surface area (Å²) in [5.74, 6) is -0.323. The number of imide groups is 1. The minimum Gasteiger partial charge on any atom is -0.318 e. The van der Waals surface area contributed by atoms with Crippen LogP contribution in [-0.2, 0) is 4.79 Å². The lowest BCUT2D eigenvalue weighted by Gasteiger charge is -2.13. The lowest BCUT2D eigenvalue weighted by molar-refractivity contribution is -0.115. The number of amides is 2. The molecule has 23 heavy (non-hydrogen) atoms. The van der Waals surface area contributed by atoms with Gasteiger partial charge < -0.3 is 4.57 Å². The van der Waals surface area contributed by atoms with Crippen molar-refractivity contribution in [3.05, 3.63) is 57.2 Å². The first-order valence-corrected chi connectivity index (χ1v) is 8.20. The van der Waals surface area contributed by atoms with E-state index in [1.807, 2.05) is 19.9 Å². The van der Waals surface area contributed by atoms with Gasteiger partial charge in [0.15, 0.2) is 0 Å². The third kappa shape index (κ3) is 2.84. The summed E-state index contributed by atoms with van der Waals surface area (Å²) in [4.78, 5) is 23.5. The summed E-state index contributed by atoms with van der Waals surface area (Å²) in [7, 11) is 0. The van der Waals surface area contributed by atoms with Gasteiger partial charge >= 0.3 is 0 Å². The second kappa shape index (κ2) is 5.74. The van der Waals surface area contributed by atoms with E-state index in [4.69, 9.17) is 0 Å². The first-order valence-electron chi connectivity index (χ1n) is 7.38. The number of hydrogen-bond donors (Lipinski definition) is 1. The van der Waals surface area contributed by atoms with Gasteiger partial charge in [-0.2, -0.15) is 0 Å². The van der Waals surface area contributed by atoms with Gasteiger partial charge in [-0.3, -0.25) is 14.9 Å². The summed E-state index contributed by atoms with van der Waals surface area (Å²) in [6.45, 7) is 8.24. The number of carbonyl (C=O) groups is 2. The molecule has 1 fully saturated rings. The number of carbonyl (C=O) groups excluding carboxylic acids is 2. The van der Waals surface area contributed by atoms with Gasteiger partial charge in [-0.1, -0.05) is 17.7 Å². The minimum absolute atomic E-state index is 0.315. The van der Waals surface area contributed by atoms with Crippen molar-refractivity contribution >= 4 is 29.0 Å². The largest absolute Gasteiger partial charge is 0.318 e. The zero-order valence-corrected chi connectivity index (χ0v) is 14.4. The van der Waals surface area contributed by atoms with E-state index in [0.29, 0.717) is 4.91 Å². The molecule has 118 valence electrons. The van der Waals surface area contributed by atoms with Crippen molar-refractivity contribution < 1.29 is 9.59 Å². The van der Waals surface area contributed by atoms with Crippen LogP contribution < -0.4 is 5.32 Å². The van der Waals surface area contributed by atoms with Crippen molar-refractivity contribution in [2.24, 2.45) is 0 Å². The van der Waals surface area contributed by atoms with E-state index < -0.39 is 0 Å². The van der Waals surface area contributed by atoms with Crippen LogP contribution in [0.4, 0.5) is 4.79 Å². The highest BCUT2D eigenvalue weighted by molar-refractivity contribution is 8.18. The van der Waals surface area contributed by atoms with E-state index in [-0.39, 0.29) is 11.1 Å². The van der Waals surface area contributed by atoms with Crippen molar-refractivity contribution in [2.45, 2.75) is 27.7 Å². The molecule has 2 amide bonds. The highest BCUT2D eigenvalue weighted by atomic mass is 32.2. The molecule has 1 aliphatic rings. The Kier molecular flexibility index (Phi) is 3.90. The van der Waals surface area contributed by atoms with Gasteiger partial charge in [-0.25, -0.2) is 0 Å². The molecule has 5 heteroatoms. The first kappa shape index (κ1) is 15.6. The lowest BCUT2D eigenvalue weighted by Crippen LogP contribution is -2.17. The fourth-order valence-corrected chi connectivity index (χ4v) is 3.60. The van der Waals surface area contributed by atoms with E-state index in [0.717, 1.165) is 34.4 Å². The number of thioether (sulfide) groups is 1. The van der Waals surface area contributed by atoms with Crippen LogP contribution in [-0.4, -0.2) is 15.7 Å².